The Kier molecular flexibility index (Phi) is 5.66. The summed E-state index contributed by atoms with van der Waals surface area (Å²) in [6.45, 7) is 4.51. The third-order valence-electron chi connectivity index (χ3n) is 3.80. The lowest BCUT2D eigenvalue weighted by Gasteiger charge is -2.08. The van der Waals surface area contributed by atoms with E-state index in [2.05, 4.69) is 30.1 Å². The van der Waals surface area contributed by atoms with Crippen LogP contribution in [-0.2, 0) is 19.4 Å². The van der Waals surface area contributed by atoms with E-state index in [1.54, 1.807) is 11.8 Å². The van der Waals surface area contributed by atoms with Crippen molar-refractivity contribution in [1.82, 2.24) is 14.8 Å². The van der Waals surface area contributed by atoms with E-state index in [4.69, 9.17) is 16.3 Å². The van der Waals surface area contributed by atoms with Gasteiger partial charge in [-0.25, -0.2) is 0 Å². The van der Waals surface area contributed by atoms with Crippen molar-refractivity contribution < 1.29 is 4.74 Å². The van der Waals surface area contributed by atoms with Crippen molar-refractivity contribution in [3.8, 4) is 5.75 Å². The zero-order valence-corrected chi connectivity index (χ0v) is 16.1. The Morgan fingerprint density at radius 3 is 2.52 bits per heavy atom. The molecular weight excluding hydrogens is 354 g/mol. The van der Waals surface area contributed by atoms with Crippen LogP contribution in [0.2, 0.25) is 5.02 Å². The molecule has 0 saturated heterocycles. The summed E-state index contributed by atoms with van der Waals surface area (Å²) in [5, 5.41) is 10.1. The van der Waals surface area contributed by atoms with E-state index >= 15 is 0 Å². The van der Waals surface area contributed by atoms with Crippen molar-refractivity contribution in [3.63, 3.8) is 0 Å². The highest BCUT2D eigenvalue weighted by molar-refractivity contribution is 7.98. The molecule has 3 aromatic rings. The van der Waals surface area contributed by atoms with Crippen molar-refractivity contribution in [2.75, 3.05) is 0 Å². The second-order valence-corrected chi connectivity index (χ2v) is 7.30. The minimum absolute atomic E-state index is 0.388. The summed E-state index contributed by atoms with van der Waals surface area (Å²) in [4.78, 5) is 0. The largest absolute Gasteiger partial charge is 0.486 e. The van der Waals surface area contributed by atoms with Crippen LogP contribution in [0.1, 0.15) is 22.5 Å². The van der Waals surface area contributed by atoms with E-state index < -0.39 is 0 Å². The average molecular weight is 374 g/mol. The van der Waals surface area contributed by atoms with Gasteiger partial charge in [0.1, 0.15) is 12.4 Å². The predicted molar refractivity (Wildman–Crippen MR) is 102 cm³/mol. The number of halogens is 1. The van der Waals surface area contributed by atoms with Gasteiger partial charge < -0.3 is 9.30 Å². The number of thioether (sulfide) groups is 1. The second kappa shape index (κ2) is 7.93. The maximum absolute atomic E-state index is 6.20. The number of hydrogen-bond donors (Lipinski definition) is 0. The highest BCUT2D eigenvalue weighted by atomic mass is 35.5. The molecule has 1 heterocycles. The molecule has 0 aliphatic heterocycles. The number of aromatic nitrogens is 3. The van der Waals surface area contributed by atoms with Crippen LogP contribution in [0.4, 0.5) is 0 Å². The standard InChI is InChI=1S/C19H20ClN3OS/c1-13-8-14(2)10-16(9-13)24-11-18-21-22-19(23(18)3)25-12-15-6-4-5-7-17(15)20/h4-10H,11-12H2,1-3H3. The Morgan fingerprint density at radius 2 is 1.80 bits per heavy atom. The van der Waals surface area contributed by atoms with E-state index in [1.807, 2.05) is 48.0 Å². The molecular formula is C19H20ClN3OS. The minimum Gasteiger partial charge on any atom is -0.486 e. The number of ether oxygens (including phenoxy) is 1. The van der Waals surface area contributed by atoms with Gasteiger partial charge in [-0.3, -0.25) is 0 Å². The number of rotatable bonds is 6. The highest BCUT2D eigenvalue weighted by Gasteiger charge is 2.11. The molecule has 0 aliphatic carbocycles. The molecule has 0 aliphatic rings. The molecule has 0 fully saturated rings. The van der Waals surface area contributed by atoms with Crippen molar-refractivity contribution in [3.05, 3.63) is 70.0 Å². The Morgan fingerprint density at radius 1 is 1.08 bits per heavy atom. The molecule has 0 amide bonds. The Balaban J connectivity index is 1.64. The summed E-state index contributed by atoms with van der Waals surface area (Å²) < 4.78 is 7.84. The van der Waals surface area contributed by atoms with Gasteiger partial charge in [0, 0.05) is 17.8 Å². The van der Waals surface area contributed by atoms with Crippen molar-refractivity contribution >= 4 is 23.4 Å². The van der Waals surface area contributed by atoms with Crippen LogP contribution in [0.3, 0.4) is 0 Å². The molecule has 2 aromatic carbocycles. The summed E-state index contributed by atoms with van der Waals surface area (Å²) in [7, 11) is 1.95. The summed E-state index contributed by atoms with van der Waals surface area (Å²) in [5.41, 5.74) is 3.46. The monoisotopic (exact) mass is 373 g/mol. The lowest BCUT2D eigenvalue weighted by atomic mass is 10.1. The first-order chi connectivity index (χ1) is 12.0. The van der Waals surface area contributed by atoms with Gasteiger partial charge >= 0.3 is 0 Å². The van der Waals surface area contributed by atoms with E-state index in [1.165, 1.54) is 11.1 Å². The lowest BCUT2D eigenvalue weighted by molar-refractivity contribution is 0.290. The topological polar surface area (TPSA) is 39.9 Å². The van der Waals surface area contributed by atoms with Crippen LogP contribution >= 0.6 is 23.4 Å². The molecule has 25 heavy (non-hydrogen) atoms. The molecule has 0 saturated carbocycles. The molecule has 0 atom stereocenters. The van der Waals surface area contributed by atoms with Crippen LogP contribution in [0.15, 0.2) is 47.6 Å². The predicted octanol–water partition coefficient (Wildman–Crippen LogP) is 4.96. The van der Waals surface area contributed by atoms with Gasteiger partial charge in [0.25, 0.3) is 0 Å². The maximum Gasteiger partial charge on any atom is 0.191 e. The number of nitrogens with zero attached hydrogens (tertiary/aromatic N) is 3. The van der Waals surface area contributed by atoms with Gasteiger partial charge in [-0.1, -0.05) is 47.6 Å². The zero-order chi connectivity index (χ0) is 17.8. The molecule has 130 valence electrons. The van der Waals surface area contributed by atoms with Gasteiger partial charge in [0.2, 0.25) is 0 Å². The number of aryl methyl sites for hydroxylation is 2. The lowest BCUT2D eigenvalue weighted by Crippen LogP contribution is -2.04. The van der Waals surface area contributed by atoms with Crippen molar-refractivity contribution in [2.45, 2.75) is 31.4 Å². The van der Waals surface area contributed by atoms with E-state index in [0.29, 0.717) is 6.61 Å². The van der Waals surface area contributed by atoms with Crippen LogP contribution in [0.25, 0.3) is 0 Å². The van der Waals surface area contributed by atoms with Crippen LogP contribution in [0, 0.1) is 13.8 Å². The Hall–Kier alpha value is -1.98. The van der Waals surface area contributed by atoms with Crippen LogP contribution < -0.4 is 4.74 Å². The Labute approximate surface area is 157 Å². The maximum atomic E-state index is 6.20. The van der Waals surface area contributed by atoms with E-state index in [0.717, 1.165) is 33.1 Å². The van der Waals surface area contributed by atoms with E-state index in [9.17, 15) is 0 Å². The number of hydrogen-bond acceptors (Lipinski definition) is 4. The fourth-order valence-electron chi connectivity index (χ4n) is 2.52. The molecule has 0 spiro atoms. The van der Waals surface area contributed by atoms with Gasteiger partial charge in [0.05, 0.1) is 0 Å². The van der Waals surface area contributed by atoms with Gasteiger partial charge in [-0.15, -0.1) is 10.2 Å². The average Bonchev–Trinajstić information content (AvgIpc) is 2.91. The normalized spacial score (nSPS) is 10.9. The second-order valence-electron chi connectivity index (χ2n) is 5.95. The van der Waals surface area contributed by atoms with Gasteiger partial charge in [-0.2, -0.15) is 0 Å². The fourth-order valence-corrected chi connectivity index (χ4v) is 3.73. The molecule has 0 radical (unpaired) electrons. The first-order valence-electron chi connectivity index (χ1n) is 7.98. The SMILES string of the molecule is Cc1cc(C)cc(OCc2nnc(SCc3ccccc3Cl)n2C)c1. The molecule has 4 nitrogen and oxygen atoms in total. The molecule has 0 bridgehead atoms. The highest BCUT2D eigenvalue weighted by Crippen LogP contribution is 2.26. The molecule has 0 unspecified atom stereocenters. The summed E-state index contributed by atoms with van der Waals surface area (Å²) in [6, 6.07) is 14.0. The molecule has 6 heteroatoms. The minimum atomic E-state index is 0.388. The summed E-state index contributed by atoms with van der Waals surface area (Å²) in [6.07, 6.45) is 0. The van der Waals surface area contributed by atoms with Crippen molar-refractivity contribution in [2.24, 2.45) is 7.05 Å². The van der Waals surface area contributed by atoms with Crippen molar-refractivity contribution in [1.29, 1.82) is 0 Å². The molecule has 3 rings (SSSR count). The fraction of sp³-hybridized carbons (Fsp3) is 0.263. The van der Waals surface area contributed by atoms with Crippen LogP contribution in [0.5, 0.6) is 5.75 Å². The van der Waals surface area contributed by atoms with E-state index in [-0.39, 0.29) is 0 Å². The quantitative estimate of drug-likeness (QED) is 0.573. The van der Waals surface area contributed by atoms with Crippen LogP contribution in [-0.4, -0.2) is 14.8 Å². The van der Waals surface area contributed by atoms with Gasteiger partial charge in [0.15, 0.2) is 11.0 Å². The molecule has 1 aromatic heterocycles. The Bertz CT molecular complexity index is 859. The van der Waals surface area contributed by atoms with Gasteiger partial charge in [-0.05, 0) is 48.7 Å². The first-order valence-corrected chi connectivity index (χ1v) is 9.35. The third-order valence-corrected chi connectivity index (χ3v) is 5.24. The molecule has 0 N–H and O–H groups in total. The third kappa shape index (κ3) is 4.55. The zero-order valence-electron chi connectivity index (χ0n) is 14.5. The summed E-state index contributed by atoms with van der Waals surface area (Å²) in [5.74, 6) is 2.40. The summed E-state index contributed by atoms with van der Waals surface area (Å²) >= 11 is 7.81. The smallest absolute Gasteiger partial charge is 0.191 e. The number of benzene rings is 2. The first kappa shape index (κ1) is 17.8.